The van der Waals surface area contributed by atoms with Crippen LogP contribution in [-0.2, 0) is 10.2 Å². The fraction of sp³-hybridized carbons (Fsp3) is 0.667. The smallest absolute Gasteiger partial charge is 0.0503 e. The van der Waals surface area contributed by atoms with E-state index >= 15 is 0 Å². The number of methoxy groups -OCH3 is 1. The van der Waals surface area contributed by atoms with E-state index in [0.29, 0.717) is 18.5 Å². The van der Waals surface area contributed by atoms with Crippen molar-refractivity contribution in [3.05, 3.63) is 35.4 Å². The Morgan fingerprint density at radius 2 is 1.95 bits per heavy atom. The molecular formula is C18H30N2O. The molecule has 3 heteroatoms. The third-order valence-corrected chi connectivity index (χ3v) is 4.55. The Morgan fingerprint density at radius 1 is 1.29 bits per heavy atom. The molecule has 0 aromatic heterocycles. The topological polar surface area (TPSA) is 38.5 Å². The van der Waals surface area contributed by atoms with Crippen molar-refractivity contribution in [1.29, 1.82) is 0 Å². The number of hydrogen-bond acceptors (Lipinski definition) is 3. The van der Waals surface area contributed by atoms with Gasteiger partial charge in [-0.05, 0) is 35.4 Å². The van der Waals surface area contributed by atoms with E-state index < -0.39 is 0 Å². The molecule has 21 heavy (non-hydrogen) atoms. The first kappa shape index (κ1) is 16.5. The number of likely N-dealkylation sites (tertiary alicyclic amines) is 1. The van der Waals surface area contributed by atoms with Gasteiger partial charge in [0.25, 0.3) is 0 Å². The first-order valence-corrected chi connectivity index (χ1v) is 7.99. The van der Waals surface area contributed by atoms with Gasteiger partial charge in [0, 0.05) is 26.2 Å². The van der Waals surface area contributed by atoms with Crippen LogP contribution in [0.4, 0.5) is 0 Å². The Balaban J connectivity index is 2.08. The highest BCUT2D eigenvalue weighted by atomic mass is 16.5. The Bertz CT molecular complexity index is 436. The van der Waals surface area contributed by atoms with Crippen molar-refractivity contribution in [1.82, 2.24) is 4.90 Å². The number of nitrogens with two attached hydrogens (primary N) is 1. The van der Waals surface area contributed by atoms with Crippen molar-refractivity contribution < 1.29 is 4.74 Å². The molecule has 3 nitrogen and oxygen atoms in total. The zero-order valence-corrected chi connectivity index (χ0v) is 13.9. The molecule has 1 aromatic carbocycles. The van der Waals surface area contributed by atoms with Gasteiger partial charge < -0.3 is 10.5 Å². The maximum atomic E-state index is 6.05. The Morgan fingerprint density at radius 3 is 2.48 bits per heavy atom. The molecule has 2 rings (SSSR count). The summed E-state index contributed by atoms with van der Waals surface area (Å²) in [6, 6.07) is 9.34. The molecule has 1 heterocycles. The van der Waals surface area contributed by atoms with Crippen molar-refractivity contribution in [2.45, 2.75) is 38.6 Å². The van der Waals surface area contributed by atoms with Crippen molar-refractivity contribution in [2.24, 2.45) is 11.7 Å². The molecule has 1 saturated heterocycles. The van der Waals surface area contributed by atoms with Crippen molar-refractivity contribution in [3.8, 4) is 0 Å². The molecule has 1 aliphatic heterocycles. The van der Waals surface area contributed by atoms with Crippen molar-refractivity contribution in [3.63, 3.8) is 0 Å². The summed E-state index contributed by atoms with van der Waals surface area (Å²) in [5.74, 6) is 0.651. The molecule has 0 radical (unpaired) electrons. The summed E-state index contributed by atoms with van der Waals surface area (Å²) in [7, 11) is 1.79. The van der Waals surface area contributed by atoms with Crippen LogP contribution in [-0.4, -0.2) is 38.3 Å². The van der Waals surface area contributed by atoms with Crippen LogP contribution in [0.2, 0.25) is 0 Å². The Kier molecular flexibility index (Phi) is 5.42. The van der Waals surface area contributed by atoms with Gasteiger partial charge in [-0.3, -0.25) is 4.90 Å². The first-order valence-electron chi connectivity index (χ1n) is 7.99. The minimum Gasteiger partial charge on any atom is -0.384 e. The van der Waals surface area contributed by atoms with Gasteiger partial charge in [0.1, 0.15) is 0 Å². The predicted molar refractivity (Wildman–Crippen MR) is 88.5 cm³/mol. The Hall–Kier alpha value is -0.900. The lowest BCUT2D eigenvalue weighted by molar-refractivity contribution is 0.147. The van der Waals surface area contributed by atoms with E-state index in [1.807, 2.05) is 0 Å². The Labute approximate surface area is 129 Å². The molecule has 118 valence electrons. The van der Waals surface area contributed by atoms with Gasteiger partial charge in [0.05, 0.1) is 6.61 Å². The van der Waals surface area contributed by atoms with Gasteiger partial charge in [-0.1, -0.05) is 45.0 Å². The lowest BCUT2D eigenvalue weighted by Crippen LogP contribution is -2.32. The average Bonchev–Trinajstić information content (AvgIpc) is 2.88. The predicted octanol–water partition coefficient (Wildman–Crippen LogP) is 2.95. The minimum absolute atomic E-state index is 0.202. The first-order chi connectivity index (χ1) is 9.95. The second kappa shape index (κ2) is 6.91. The minimum atomic E-state index is 0.202. The van der Waals surface area contributed by atoms with Gasteiger partial charge >= 0.3 is 0 Å². The second-order valence-electron chi connectivity index (χ2n) is 7.23. The molecule has 0 saturated carbocycles. The summed E-state index contributed by atoms with van der Waals surface area (Å²) in [6.07, 6.45) is 1.21. The van der Waals surface area contributed by atoms with Crippen LogP contribution in [0.25, 0.3) is 0 Å². The third-order valence-electron chi connectivity index (χ3n) is 4.55. The van der Waals surface area contributed by atoms with E-state index in [0.717, 1.165) is 19.7 Å². The highest BCUT2D eigenvalue weighted by molar-refractivity contribution is 5.29. The van der Waals surface area contributed by atoms with Crippen LogP contribution in [0, 0.1) is 5.92 Å². The number of hydrogen-bond donors (Lipinski definition) is 1. The van der Waals surface area contributed by atoms with Crippen LogP contribution in [0.3, 0.4) is 0 Å². The maximum Gasteiger partial charge on any atom is 0.0503 e. The molecule has 0 aliphatic carbocycles. The quantitative estimate of drug-likeness (QED) is 0.906. The molecule has 2 unspecified atom stereocenters. The molecule has 0 spiro atoms. The maximum absolute atomic E-state index is 6.05. The van der Waals surface area contributed by atoms with E-state index in [-0.39, 0.29) is 5.41 Å². The largest absolute Gasteiger partial charge is 0.384 e. The van der Waals surface area contributed by atoms with Crippen LogP contribution >= 0.6 is 0 Å². The number of rotatable bonds is 5. The second-order valence-corrected chi connectivity index (χ2v) is 7.23. The molecule has 2 N–H and O–H groups in total. The van der Waals surface area contributed by atoms with E-state index in [1.165, 1.54) is 17.5 Å². The van der Waals surface area contributed by atoms with Crippen LogP contribution in [0.1, 0.15) is 44.4 Å². The highest BCUT2D eigenvalue weighted by Crippen LogP contribution is 2.29. The molecular weight excluding hydrogens is 260 g/mol. The summed E-state index contributed by atoms with van der Waals surface area (Å²) in [5.41, 5.74) is 8.97. The van der Waals surface area contributed by atoms with Gasteiger partial charge in [-0.25, -0.2) is 0 Å². The molecule has 1 fully saturated rings. The summed E-state index contributed by atoms with van der Waals surface area (Å²) in [4.78, 5) is 2.51. The molecule has 0 amide bonds. The normalized spacial score (nSPS) is 21.7. The molecule has 1 aromatic rings. The number of nitrogens with zero attached hydrogens (tertiary/aromatic N) is 1. The molecule has 1 aliphatic rings. The fourth-order valence-electron chi connectivity index (χ4n) is 3.22. The highest BCUT2D eigenvalue weighted by Gasteiger charge is 2.28. The van der Waals surface area contributed by atoms with E-state index in [2.05, 4.69) is 49.9 Å². The van der Waals surface area contributed by atoms with E-state index in [9.17, 15) is 0 Å². The van der Waals surface area contributed by atoms with Gasteiger partial charge in [-0.2, -0.15) is 0 Å². The summed E-state index contributed by atoms with van der Waals surface area (Å²) < 4.78 is 5.29. The van der Waals surface area contributed by atoms with Crippen molar-refractivity contribution in [2.75, 3.05) is 33.4 Å². The number of ether oxygens (including phenoxy) is 1. The summed E-state index contributed by atoms with van der Waals surface area (Å²) in [6.45, 7) is 10.5. The van der Waals surface area contributed by atoms with Crippen LogP contribution < -0.4 is 5.73 Å². The third kappa shape index (κ3) is 4.06. The molecule has 0 bridgehead atoms. The average molecular weight is 290 g/mol. The lowest BCUT2D eigenvalue weighted by atomic mass is 9.86. The van der Waals surface area contributed by atoms with Crippen LogP contribution in [0.5, 0.6) is 0 Å². The van der Waals surface area contributed by atoms with E-state index in [1.54, 1.807) is 7.11 Å². The van der Waals surface area contributed by atoms with Gasteiger partial charge in [0.15, 0.2) is 0 Å². The lowest BCUT2D eigenvalue weighted by Gasteiger charge is -2.28. The standard InChI is InChI=1S/C18H30N2O/c1-18(2,3)16-7-5-15(6-8-16)17(11-19)20-10-9-14(12-20)13-21-4/h5-8,14,17H,9-13,19H2,1-4H3. The van der Waals surface area contributed by atoms with Crippen LogP contribution in [0.15, 0.2) is 24.3 Å². The molecule has 2 atom stereocenters. The fourth-order valence-corrected chi connectivity index (χ4v) is 3.22. The monoisotopic (exact) mass is 290 g/mol. The zero-order valence-electron chi connectivity index (χ0n) is 13.9. The SMILES string of the molecule is COCC1CCN(C(CN)c2ccc(C(C)(C)C)cc2)C1. The summed E-state index contributed by atoms with van der Waals surface area (Å²) >= 11 is 0. The van der Waals surface area contributed by atoms with Crippen molar-refractivity contribution >= 4 is 0 Å². The van der Waals surface area contributed by atoms with E-state index in [4.69, 9.17) is 10.5 Å². The summed E-state index contributed by atoms with van der Waals surface area (Å²) in [5, 5.41) is 0. The van der Waals surface area contributed by atoms with Gasteiger partial charge in [-0.15, -0.1) is 0 Å². The zero-order chi connectivity index (χ0) is 15.5. The van der Waals surface area contributed by atoms with Gasteiger partial charge in [0.2, 0.25) is 0 Å². The number of benzene rings is 1.